The molecule has 0 aliphatic carbocycles. The predicted molar refractivity (Wildman–Crippen MR) is 88.2 cm³/mol. The molecule has 0 radical (unpaired) electrons. The lowest BCUT2D eigenvalue weighted by atomic mass is 10.1. The van der Waals surface area contributed by atoms with Crippen LogP contribution in [0.25, 0.3) is 0 Å². The number of benzene rings is 2. The molecule has 104 valence electrons. The molecule has 0 bridgehead atoms. The van der Waals surface area contributed by atoms with Gasteiger partial charge in [-0.25, -0.2) is 0 Å². The van der Waals surface area contributed by atoms with Crippen molar-refractivity contribution in [2.45, 2.75) is 10.6 Å². The molecule has 0 saturated carbocycles. The van der Waals surface area contributed by atoms with Crippen molar-refractivity contribution in [2.75, 3.05) is 14.1 Å². The van der Waals surface area contributed by atoms with E-state index < -0.39 is 0 Å². The molecule has 0 saturated heterocycles. The number of thioether (sulfide) groups is 1. The van der Waals surface area contributed by atoms with Gasteiger partial charge in [0.05, 0.1) is 0 Å². The molecule has 2 rings (SSSR count). The van der Waals surface area contributed by atoms with Gasteiger partial charge in [0.1, 0.15) is 0 Å². The fourth-order valence-corrected chi connectivity index (χ4v) is 2.82. The van der Waals surface area contributed by atoms with Gasteiger partial charge in [-0.2, -0.15) is 0 Å². The third kappa shape index (κ3) is 4.12. The van der Waals surface area contributed by atoms with Crippen LogP contribution in [0.15, 0.2) is 57.9 Å². The minimum Gasteiger partial charge on any atom is -0.345 e. The quantitative estimate of drug-likeness (QED) is 0.760. The van der Waals surface area contributed by atoms with Crippen LogP contribution in [0, 0.1) is 0 Å². The Bertz CT molecular complexity index is 578. The number of hydrogen-bond acceptors (Lipinski definition) is 2. The van der Waals surface area contributed by atoms with Crippen LogP contribution in [0.3, 0.4) is 0 Å². The van der Waals surface area contributed by atoms with Crippen molar-refractivity contribution in [3.63, 3.8) is 0 Å². The maximum atomic E-state index is 11.8. The van der Waals surface area contributed by atoms with Crippen LogP contribution in [0.2, 0.25) is 0 Å². The lowest BCUT2D eigenvalue weighted by molar-refractivity contribution is 0.0827. The van der Waals surface area contributed by atoms with E-state index in [2.05, 4.69) is 28.1 Å². The van der Waals surface area contributed by atoms with Crippen molar-refractivity contribution in [3.05, 3.63) is 64.1 Å². The normalized spacial score (nSPS) is 10.3. The largest absolute Gasteiger partial charge is 0.345 e. The van der Waals surface area contributed by atoms with E-state index in [0.717, 1.165) is 15.8 Å². The summed E-state index contributed by atoms with van der Waals surface area (Å²) in [6.45, 7) is 0. The lowest BCUT2D eigenvalue weighted by Gasteiger charge is -2.10. The first-order valence-electron chi connectivity index (χ1n) is 6.25. The van der Waals surface area contributed by atoms with E-state index in [0.29, 0.717) is 0 Å². The molecule has 2 aromatic carbocycles. The summed E-state index contributed by atoms with van der Waals surface area (Å²) in [6.07, 6.45) is 0. The summed E-state index contributed by atoms with van der Waals surface area (Å²) in [5.74, 6) is 0.940. The Hall–Kier alpha value is -1.26. The Labute approximate surface area is 132 Å². The Kier molecular flexibility index (Phi) is 5.26. The fourth-order valence-electron chi connectivity index (χ4n) is 1.70. The SMILES string of the molecule is CN(C)C(=O)c1ccc(CSc2ccc(Br)cc2)cc1. The average Bonchev–Trinajstić information content (AvgIpc) is 2.46. The van der Waals surface area contributed by atoms with Crippen molar-refractivity contribution in [1.29, 1.82) is 0 Å². The van der Waals surface area contributed by atoms with Crippen molar-refractivity contribution in [3.8, 4) is 0 Å². The van der Waals surface area contributed by atoms with Gasteiger partial charge in [0.25, 0.3) is 5.91 Å². The molecule has 0 spiro atoms. The van der Waals surface area contributed by atoms with Crippen LogP contribution >= 0.6 is 27.7 Å². The molecule has 0 N–H and O–H groups in total. The minimum absolute atomic E-state index is 0.0390. The summed E-state index contributed by atoms with van der Waals surface area (Å²) in [5.41, 5.74) is 1.95. The van der Waals surface area contributed by atoms with E-state index in [9.17, 15) is 4.79 Å². The molecule has 0 atom stereocenters. The van der Waals surface area contributed by atoms with E-state index in [1.54, 1.807) is 30.8 Å². The highest BCUT2D eigenvalue weighted by Crippen LogP contribution is 2.24. The maximum absolute atomic E-state index is 11.8. The molecular formula is C16H16BrNOS. The smallest absolute Gasteiger partial charge is 0.253 e. The van der Waals surface area contributed by atoms with Gasteiger partial charge in [-0.1, -0.05) is 28.1 Å². The summed E-state index contributed by atoms with van der Waals surface area (Å²) in [7, 11) is 3.53. The lowest BCUT2D eigenvalue weighted by Crippen LogP contribution is -2.21. The second kappa shape index (κ2) is 6.95. The zero-order valence-corrected chi connectivity index (χ0v) is 13.9. The van der Waals surface area contributed by atoms with Crippen molar-refractivity contribution >= 4 is 33.6 Å². The number of carbonyl (C=O) groups is 1. The van der Waals surface area contributed by atoms with Gasteiger partial charge in [0.2, 0.25) is 0 Å². The van der Waals surface area contributed by atoms with Gasteiger partial charge in [0, 0.05) is 34.8 Å². The molecule has 4 heteroatoms. The Morgan fingerprint density at radius 1 is 1.05 bits per heavy atom. The molecule has 0 aliphatic rings. The number of nitrogens with zero attached hydrogens (tertiary/aromatic N) is 1. The molecular weight excluding hydrogens is 334 g/mol. The molecule has 0 unspecified atom stereocenters. The number of carbonyl (C=O) groups excluding carboxylic acids is 1. The van der Waals surface area contributed by atoms with E-state index in [4.69, 9.17) is 0 Å². The highest BCUT2D eigenvalue weighted by atomic mass is 79.9. The first-order chi connectivity index (χ1) is 9.56. The van der Waals surface area contributed by atoms with Gasteiger partial charge < -0.3 is 4.90 Å². The minimum atomic E-state index is 0.0390. The number of amides is 1. The summed E-state index contributed by atoms with van der Waals surface area (Å²) >= 11 is 5.22. The van der Waals surface area contributed by atoms with Gasteiger partial charge in [-0.15, -0.1) is 11.8 Å². The summed E-state index contributed by atoms with van der Waals surface area (Å²) in [6, 6.07) is 16.1. The first kappa shape index (κ1) is 15.1. The Balaban J connectivity index is 1.97. The van der Waals surface area contributed by atoms with Gasteiger partial charge >= 0.3 is 0 Å². The van der Waals surface area contributed by atoms with Gasteiger partial charge in [-0.3, -0.25) is 4.79 Å². The fraction of sp³-hybridized carbons (Fsp3) is 0.188. The van der Waals surface area contributed by atoms with E-state index >= 15 is 0 Å². The monoisotopic (exact) mass is 349 g/mol. The molecule has 0 aromatic heterocycles. The zero-order chi connectivity index (χ0) is 14.5. The highest BCUT2D eigenvalue weighted by molar-refractivity contribution is 9.10. The summed E-state index contributed by atoms with van der Waals surface area (Å²) < 4.78 is 1.09. The Morgan fingerprint density at radius 3 is 2.20 bits per heavy atom. The number of hydrogen-bond donors (Lipinski definition) is 0. The molecule has 0 fully saturated rings. The predicted octanol–water partition coefficient (Wildman–Crippen LogP) is 4.44. The van der Waals surface area contributed by atoms with Crippen molar-refractivity contribution < 1.29 is 4.79 Å². The standard InChI is InChI=1S/C16H16BrNOS/c1-18(2)16(19)13-5-3-12(4-6-13)11-20-15-9-7-14(17)8-10-15/h3-10H,11H2,1-2H3. The molecule has 2 nitrogen and oxygen atoms in total. The molecule has 0 heterocycles. The molecule has 1 amide bonds. The van der Waals surface area contributed by atoms with Crippen LogP contribution in [0.4, 0.5) is 0 Å². The first-order valence-corrected chi connectivity index (χ1v) is 8.03. The van der Waals surface area contributed by atoms with E-state index in [1.165, 1.54) is 10.5 Å². The second-order valence-electron chi connectivity index (χ2n) is 4.64. The molecule has 0 aliphatic heterocycles. The summed E-state index contributed by atoms with van der Waals surface area (Å²) in [4.78, 5) is 14.6. The van der Waals surface area contributed by atoms with Gasteiger partial charge in [-0.05, 0) is 42.0 Å². The van der Waals surface area contributed by atoms with Crippen molar-refractivity contribution in [1.82, 2.24) is 4.90 Å². The average molecular weight is 350 g/mol. The third-order valence-corrected chi connectivity index (χ3v) is 4.44. The Morgan fingerprint density at radius 2 is 1.65 bits per heavy atom. The van der Waals surface area contributed by atoms with Crippen LogP contribution in [0.5, 0.6) is 0 Å². The van der Waals surface area contributed by atoms with Crippen LogP contribution in [0.1, 0.15) is 15.9 Å². The van der Waals surface area contributed by atoms with Crippen LogP contribution < -0.4 is 0 Å². The molecule has 2 aromatic rings. The van der Waals surface area contributed by atoms with E-state index in [1.807, 2.05) is 36.4 Å². The summed E-state index contributed by atoms with van der Waals surface area (Å²) in [5, 5.41) is 0. The van der Waals surface area contributed by atoms with Crippen LogP contribution in [-0.2, 0) is 5.75 Å². The van der Waals surface area contributed by atoms with Crippen LogP contribution in [-0.4, -0.2) is 24.9 Å². The number of rotatable bonds is 4. The third-order valence-electron chi connectivity index (χ3n) is 2.83. The van der Waals surface area contributed by atoms with Gasteiger partial charge in [0.15, 0.2) is 0 Å². The number of halogens is 1. The second-order valence-corrected chi connectivity index (χ2v) is 6.60. The van der Waals surface area contributed by atoms with E-state index in [-0.39, 0.29) is 5.91 Å². The zero-order valence-electron chi connectivity index (χ0n) is 11.5. The highest BCUT2D eigenvalue weighted by Gasteiger charge is 2.07. The molecule has 20 heavy (non-hydrogen) atoms. The maximum Gasteiger partial charge on any atom is 0.253 e. The topological polar surface area (TPSA) is 20.3 Å². The van der Waals surface area contributed by atoms with Crippen molar-refractivity contribution in [2.24, 2.45) is 0 Å².